The van der Waals surface area contributed by atoms with Crippen molar-refractivity contribution < 1.29 is 58.5 Å². The first-order chi connectivity index (χ1) is 21.4. The van der Waals surface area contributed by atoms with Crippen molar-refractivity contribution in [2.75, 3.05) is 19.3 Å². The number of carbonyl (C=O) groups excluding carboxylic acids is 3. The Morgan fingerprint density at radius 3 is 2.30 bits per heavy atom. The van der Waals surface area contributed by atoms with E-state index in [1.165, 1.54) is 14.0 Å². The Bertz CT molecular complexity index is 1340. The van der Waals surface area contributed by atoms with Crippen molar-refractivity contribution in [2.45, 2.75) is 87.4 Å². The minimum atomic E-state index is -2.21. The lowest BCUT2D eigenvalue weighted by atomic mass is 9.91. The number of phenolic OH excluding ortho intramolecular Hbond substituents is 1. The van der Waals surface area contributed by atoms with E-state index in [0.717, 1.165) is 12.1 Å². The van der Waals surface area contributed by atoms with Crippen LogP contribution in [0.25, 0.3) is 0 Å². The van der Waals surface area contributed by atoms with Crippen LogP contribution in [-0.2, 0) is 34.8 Å². The van der Waals surface area contributed by atoms with E-state index in [1.807, 2.05) is 0 Å². The van der Waals surface area contributed by atoms with E-state index >= 15 is 0 Å². The second-order valence-corrected chi connectivity index (χ2v) is 12.9. The van der Waals surface area contributed by atoms with Crippen LogP contribution in [0.2, 0.25) is 0 Å². The molecule has 0 saturated carbocycles. The molecule has 1 aromatic rings. The Morgan fingerprint density at radius 2 is 1.78 bits per heavy atom. The molecule has 8 atom stereocenters. The molecule has 18 heteroatoms. The van der Waals surface area contributed by atoms with Gasteiger partial charge in [-0.05, 0) is 32.4 Å². The molecule has 258 valence electrons. The summed E-state index contributed by atoms with van der Waals surface area (Å²) in [6.07, 6.45) is -3.71. The average Bonchev–Trinajstić information content (AvgIpc) is 2.97. The van der Waals surface area contributed by atoms with Gasteiger partial charge in [-0.1, -0.05) is 20.8 Å². The SMILES string of the molecule is CC[C@]1(C)Oc2cc(c(S(=O)CC(O)CC(N)C(=O)O)cc2O)[C@@H](O)[C@H](NC)C(=O)N[C@@H](C(C)C)C(=O)N[C@@H]1C(=O)NCC(=O)O. The monoisotopic (exact) mass is 673 g/mol. The van der Waals surface area contributed by atoms with Crippen molar-refractivity contribution >= 4 is 40.5 Å². The number of aliphatic carboxylic acids is 2. The van der Waals surface area contributed by atoms with Crippen LogP contribution in [0.5, 0.6) is 11.5 Å². The Kier molecular flexibility index (Phi) is 13.4. The molecule has 1 aliphatic heterocycles. The molecule has 0 fully saturated rings. The second-order valence-electron chi connectivity index (χ2n) is 11.5. The largest absolute Gasteiger partial charge is 0.504 e. The number of aliphatic hydroxyl groups is 2. The molecule has 2 rings (SSSR count). The zero-order valence-electron chi connectivity index (χ0n) is 26.1. The maximum atomic E-state index is 13.5. The maximum absolute atomic E-state index is 13.5. The highest BCUT2D eigenvalue weighted by Gasteiger charge is 2.44. The summed E-state index contributed by atoms with van der Waals surface area (Å²) in [5.74, 6) is -7.46. The Labute approximate surface area is 267 Å². The molecule has 0 aliphatic carbocycles. The number of aromatic hydroxyl groups is 1. The van der Waals surface area contributed by atoms with E-state index < -0.39 is 113 Å². The molecule has 46 heavy (non-hydrogen) atoms. The van der Waals surface area contributed by atoms with E-state index in [1.54, 1.807) is 20.8 Å². The van der Waals surface area contributed by atoms with Crippen molar-refractivity contribution in [3.63, 3.8) is 0 Å². The highest BCUT2D eigenvalue weighted by molar-refractivity contribution is 7.85. The standard InChI is InChI=1S/C28H43N5O12S/c1-6-28(4)23(26(41)31-10-19(36)37)33-24(39)20(12(2)3)32-25(40)21(30-5)22(38)14-8-17(45-28)16(35)9-18(14)46(44)11-13(34)7-15(29)27(42)43/h8-9,12-13,15,20-23,30,34-35,38H,6-7,10-11,29H2,1-5H3,(H,31,41)(H,32,40)(H,33,39)(H,36,37)(H,42,43)/t13?,15?,20-,21-,22+,23+,28-,46?/m0/s1. The summed E-state index contributed by atoms with van der Waals surface area (Å²) in [6.45, 7) is 5.46. The van der Waals surface area contributed by atoms with Crippen LogP contribution >= 0.6 is 0 Å². The highest BCUT2D eigenvalue weighted by atomic mass is 32.2. The molecular formula is C28H43N5O12S. The minimum absolute atomic E-state index is 0.00266. The zero-order chi connectivity index (χ0) is 35.1. The van der Waals surface area contributed by atoms with Crippen LogP contribution in [0, 0.1) is 5.92 Å². The van der Waals surface area contributed by atoms with Crippen LogP contribution in [0.15, 0.2) is 17.0 Å². The second kappa shape index (κ2) is 16.1. The van der Waals surface area contributed by atoms with Crippen LogP contribution in [0.1, 0.15) is 52.2 Å². The highest BCUT2D eigenvalue weighted by Crippen LogP contribution is 2.39. The number of hydrogen-bond acceptors (Lipinski definition) is 12. The van der Waals surface area contributed by atoms with Crippen LogP contribution < -0.4 is 31.7 Å². The van der Waals surface area contributed by atoms with E-state index in [0.29, 0.717) is 0 Å². The molecule has 0 aromatic heterocycles. The third-order valence-electron chi connectivity index (χ3n) is 7.62. The number of fused-ring (bicyclic) bond motifs is 2. The van der Waals surface area contributed by atoms with Gasteiger partial charge in [-0.25, -0.2) is 0 Å². The van der Waals surface area contributed by atoms with Gasteiger partial charge in [-0.3, -0.25) is 28.2 Å². The first-order valence-corrected chi connectivity index (χ1v) is 15.7. The first-order valence-electron chi connectivity index (χ1n) is 14.4. The number of aliphatic hydroxyl groups excluding tert-OH is 2. The van der Waals surface area contributed by atoms with E-state index in [9.17, 15) is 43.5 Å². The van der Waals surface area contributed by atoms with Gasteiger partial charge >= 0.3 is 11.9 Å². The van der Waals surface area contributed by atoms with Crippen molar-refractivity contribution in [2.24, 2.45) is 11.7 Å². The number of ether oxygens (including phenoxy) is 1. The lowest BCUT2D eigenvalue weighted by molar-refractivity contribution is -0.141. The van der Waals surface area contributed by atoms with Gasteiger partial charge in [0.2, 0.25) is 17.7 Å². The number of rotatable bonds is 12. The Morgan fingerprint density at radius 1 is 1.15 bits per heavy atom. The predicted molar refractivity (Wildman–Crippen MR) is 162 cm³/mol. The number of carboxylic acid groups (broad SMARTS) is 2. The fourth-order valence-corrected chi connectivity index (χ4v) is 6.12. The lowest BCUT2D eigenvalue weighted by Crippen LogP contribution is -2.65. The fourth-order valence-electron chi connectivity index (χ4n) is 4.77. The summed E-state index contributed by atoms with van der Waals surface area (Å²) in [7, 11) is -0.859. The molecule has 1 aromatic carbocycles. The van der Waals surface area contributed by atoms with E-state index in [2.05, 4.69) is 21.3 Å². The van der Waals surface area contributed by atoms with Crippen LogP contribution in [0.3, 0.4) is 0 Å². The molecule has 1 heterocycles. The topological polar surface area (TPSA) is 287 Å². The summed E-state index contributed by atoms with van der Waals surface area (Å²) in [5, 5.41) is 61.0. The van der Waals surface area contributed by atoms with Gasteiger partial charge in [0.1, 0.15) is 42.4 Å². The third kappa shape index (κ3) is 9.35. The Hall–Kier alpha value is -3.84. The maximum Gasteiger partial charge on any atom is 0.322 e. The van der Waals surface area contributed by atoms with Crippen LogP contribution in [0.4, 0.5) is 0 Å². The van der Waals surface area contributed by atoms with Gasteiger partial charge in [-0.15, -0.1) is 0 Å². The number of benzene rings is 1. The van der Waals surface area contributed by atoms with E-state index in [-0.39, 0.29) is 22.6 Å². The van der Waals surface area contributed by atoms with Crippen molar-refractivity contribution in [3.05, 3.63) is 17.7 Å². The molecule has 1 aliphatic rings. The Balaban J connectivity index is 2.78. The predicted octanol–water partition coefficient (Wildman–Crippen LogP) is -2.33. The number of carboxylic acids is 2. The molecule has 3 unspecified atom stereocenters. The zero-order valence-corrected chi connectivity index (χ0v) is 26.9. The number of phenols is 1. The molecule has 0 radical (unpaired) electrons. The minimum Gasteiger partial charge on any atom is -0.504 e. The van der Waals surface area contributed by atoms with Gasteiger partial charge in [-0.2, -0.15) is 0 Å². The number of nitrogens with two attached hydrogens (primary N) is 1. The summed E-state index contributed by atoms with van der Waals surface area (Å²) in [6, 6.07) is -3.68. The lowest BCUT2D eigenvalue weighted by Gasteiger charge is -2.38. The molecule has 17 nitrogen and oxygen atoms in total. The molecule has 0 saturated heterocycles. The summed E-state index contributed by atoms with van der Waals surface area (Å²) < 4.78 is 19.6. The number of hydrogen-bond donors (Lipinski definition) is 10. The molecular weight excluding hydrogens is 630 g/mol. The molecule has 11 N–H and O–H groups in total. The third-order valence-corrected chi connectivity index (χ3v) is 9.15. The molecule has 3 amide bonds. The number of carbonyl (C=O) groups is 5. The normalized spacial score (nSPS) is 25.8. The van der Waals surface area contributed by atoms with Crippen molar-refractivity contribution in [3.8, 4) is 11.5 Å². The first kappa shape index (κ1) is 38.3. The van der Waals surface area contributed by atoms with E-state index in [4.69, 9.17) is 20.7 Å². The number of amides is 3. The molecule has 0 spiro atoms. The van der Waals surface area contributed by atoms with Gasteiger partial charge in [0.25, 0.3) is 0 Å². The van der Waals surface area contributed by atoms with Crippen molar-refractivity contribution in [1.29, 1.82) is 0 Å². The smallest absolute Gasteiger partial charge is 0.322 e. The summed E-state index contributed by atoms with van der Waals surface area (Å²) in [4.78, 5) is 62.4. The fraction of sp³-hybridized carbons (Fsp3) is 0.607. The van der Waals surface area contributed by atoms with Gasteiger partial charge < -0.3 is 57.3 Å². The summed E-state index contributed by atoms with van der Waals surface area (Å²) in [5.41, 5.74) is 3.61. The van der Waals surface area contributed by atoms with Crippen molar-refractivity contribution in [1.82, 2.24) is 21.3 Å². The van der Waals surface area contributed by atoms with Crippen LogP contribution in [-0.4, -0.2) is 115 Å². The van der Waals surface area contributed by atoms with Gasteiger partial charge in [0.05, 0.1) is 22.7 Å². The summed E-state index contributed by atoms with van der Waals surface area (Å²) >= 11 is 0. The number of likely N-dealkylation sites (N-methyl/N-ethyl adjacent to an activating group) is 1. The molecule has 2 bridgehead atoms. The quantitative estimate of drug-likeness (QED) is 0.111. The number of nitrogens with one attached hydrogen (secondary N) is 4. The average molecular weight is 674 g/mol. The van der Waals surface area contributed by atoms with Gasteiger partial charge in [0.15, 0.2) is 11.5 Å². The van der Waals surface area contributed by atoms with Gasteiger partial charge in [0, 0.05) is 22.9 Å².